The van der Waals surface area contributed by atoms with Crippen molar-refractivity contribution in [3.05, 3.63) is 65.0 Å². The lowest BCUT2D eigenvalue weighted by Crippen LogP contribution is -2.22. The van der Waals surface area contributed by atoms with Gasteiger partial charge >= 0.3 is 0 Å². The van der Waals surface area contributed by atoms with E-state index < -0.39 is 0 Å². The van der Waals surface area contributed by atoms with Gasteiger partial charge in [-0.3, -0.25) is 4.90 Å². The third-order valence-corrected chi connectivity index (χ3v) is 4.99. The second-order valence-corrected chi connectivity index (χ2v) is 6.86. The summed E-state index contributed by atoms with van der Waals surface area (Å²) in [6.45, 7) is 1.66. The van der Waals surface area contributed by atoms with Crippen LogP contribution in [0.2, 0.25) is 5.02 Å². The summed E-state index contributed by atoms with van der Waals surface area (Å²) in [5.41, 5.74) is 2.15. The molecule has 2 heterocycles. The number of hydrogen-bond donors (Lipinski definition) is 0. The molecule has 0 aliphatic carbocycles. The van der Waals surface area contributed by atoms with Crippen molar-refractivity contribution >= 4 is 11.6 Å². The zero-order valence-corrected chi connectivity index (χ0v) is 15.3. The fourth-order valence-corrected chi connectivity index (χ4v) is 3.65. The number of halogens is 1. The Hall–Kier alpha value is -2.37. The van der Waals surface area contributed by atoms with Gasteiger partial charge in [0.15, 0.2) is 0 Å². The van der Waals surface area contributed by atoms with Crippen LogP contribution in [0.25, 0.3) is 11.4 Å². The maximum absolute atomic E-state index is 6.04. The van der Waals surface area contributed by atoms with Crippen LogP contribution in [0.3, 0.4) is 0 Å². The Morgan fingerprint density at radius 3 is 2.85 bits per heavy atom. The molecular weight excluding hydrogens is 350 g/mol. The highest BCUT2D eigenvalue weighted by molar-refractivity contribution is 6.30. The van der Waals surface area contributed by atoms with E-state index in [4.69, 9.17) is 20.9 Å². The van der Waals surface area contributed by atoms with Gasteiger partial charge in [-0.2, -0.15) is 4.98 Å². The second-order valence-electron chi connectivity index (χ2n) is 6.42. The average molecular weight is 370 g/mol. The molecule has 1 aliphatic heterocycles. The topological polar surface area (TPSA) is 51.4 Å². The van der Waals surface area contributed by atoms with E-state index in [1.54, 1.807) is 7.11 Å². The maximum atomic E-state index is 6.04. The highest BCUT2D eigenvalue weighted by atomic mass is 35.5. The second kappa shape index (κ2) is 7.48. The first-order valence-corrected chi connectivity index (χ1v) is 9.07. The molecule has 2 aromatic carbocycles. The van der Waals surface area contributed by atoms with Gasteiger partial charge in [0.05, 0.1) is 13.7 Å². The first kappa shape index (κ1) is 17.1. The van der Waals surface area contributed by atoms with Crippen molar-refractivity contribution in [2.24, 2.45) is 0 Å². The van der Waals surface area contributed by atoms with Crippen LogP contribution in [-0.4, -0.2) is 28.7 Å². The summed E-state index contributed by atoms with van der Waals surface area (Å²) in [4.78, 5) is 6.93. The van der Waals surface area contributed by atoms with Gasteiger partial charge < -0.3 is 9.26 Å². The van der Waals surface area contributed by atoms with Crippen molar-refractivity contribution in [1.29, 1.82) is 0 Å². The number of rotatable bonds is 5. The van der Waals surface area contributed by atoms with Crippen molar-refractivity contribution < 1.29 is 9.26 Å². The highest BCUT2D eigenvalue weighted by Crippen LogP contribution is 2.34. The molecule has 6 heteroatoms. The van der Waals surface area contributed by atoms with Gasteiger partial charge in [0, 0.05) is 16.6 Å². The Balaban J connectivity index is 1.49. The Labute approximate surface area is 157 Å². The summed E-state index contributed by atoms with van der Waals surface area (Å²) in [5.74, 6) is 2.07. The quantitative estimate of drug-likeness (QED) is 0.650. The number of methoxy groups -OCH3 is 1. The van der Waals surface area contributed by atoms with Crippen LogP contribution in [0, 0.1) is 0 Å². The van der Waals surface area contributed by atoms with Crippen LogP contribution in [0.1, 0.15) is 30.3 Å². The third kappa shape index (κ3) is 3.59. The molecular formula is C20H20ClN3O2. The molecule has 3 aromatic rings. The lowest BCUT2D eigenvalue weighted by molar-refractivity contribution is 0.212. The molecule has 0 bridgehead atoms. The number of aromatic nitrogens is 2. The van der Waals surface area contributed by atoms with Gasteiger partial charge in [0.2, 0.25) is 11.7 Å². The Morgan fingerprint density at radius 2 is 2.08 bits per heavy atom. The fraction of sp³-hybridized carbons (Fsp3) is 0.300. The summed E-state index contributed by atoms with van der Waals surface area (Å²) in [6, 6.07) is 16.1. The van der Waals surface area contributed by atoms with Crippen LogP contribution >= 0.6 is 11.6 Å². The molecule has 1 fully saturated rings. The molecule has 1 aromatic heterocycles. The molecule has 26 heavy (non-hydrogen) atoms. The average Bonchev–Trinajstić information content (AvgIpc) is 3.32. The van der Waals surface area contributed by atoms with Gasteiger partial charge in [0.1, 0.15) is 5.75 Å². The predicted octanol–water partition coefficient (Wildman–Crippen LogP) is 4.74. The lowest BCUT2D eigenvalue weighted by atomic mass is 10.0. The Bertz CT molecular complexity index is 879. The Kier molecular flexibility index (Phi) is 4.91. The van der Waals surface area contributed by atoms with Gasteiger partial charge in [-0.1, -0.05) is 41.0 Å². The van der Waals surface area contributed by atoms with Gasteiger partial charge in [-0.15, -0.1) is 0 Å². The summed E-state index contributed by atoms with van der Waals surface area (Å²) >= 11 is 6.04. The van der Waals surface area contributed by atoms with Crippen molar-refractivity contribution in [1.82, 2.24) is 15.0 Å². The van der Waals surface area contributed by atoms with Crippen molar-refractivity contribution in [3.63, 3.8) is 0 Å². The largest absolute Gasteiger partial charge is 0.497 e. The predicted molar refractivity (Wildman–Crippen MR) is 100 cm³/mol. The zero-order chi connectivity index (χ0) is 17.9. The molecule has 0 N–H and O–H groups in total. The van der Waals surface area contributed by atoms with E-state index in [9.17, 15) is 0 Å². The van der Waals surface area contributed by atoms with E-state index in [2.05, 4.69) is 27.2 Å². The zero-order valence-electron chi connectivity index (χ0n) is 14.6. The molecule has 0 unspecified atom stereocenters. The first-order valence-electron chi connectivity index (χ1n) is 8.69. The highest BCUT2D eigenvalue weighted by Gasteiger charge is 2.27. The number of benzene rings is 2. The van der Waals surface area contributed by atoms with E-state index in [0.717, 1.165) is 30.7 Å². The standard InChI is InChI=1S/C20H20ClN3O2/c1-25-17-9-7-14(8-10-17)18-6-3-11-24(18)13-19-22-20(23-26-19)15-4-2-5-16(21)12-15/h2,4-5,7-10,12,18H,3,6,11,13H2,1H3/t18-/m0/s1. The van der Waals surface area contributed by atoms with Crippen LogP contribution in [0.5, 0.6) is 5.75 Å². The van der Waals surface area contributed by atoms with Crippen molar-refractivity contribution in [3.8, 4) is 17.1 Å². The van der Waals surface area contributed by atoms with Crippen LogP contribution in [0.15, 0.2) is 53.1 Å². The molecule has 134 valence electrons. The van der Waals surface area contributed by atoms with Crippen LogP contribution in [-0.2, 0) is 6.54 Å². The first-order chi connectivity index (χ1) is 12.7. The number of ether oxygens (including phenoxy) is 1. The summed E-state index contributed by atoms with van der Waals surface area (Å²) < 4.78 is 10.7. The number of hydrogen-bond acceptors (Lipinski definition) is 5. The maximum Gasteiger partial charge on any atom is 0.241 e. The molecule has 4 rings (SSSR count). The van der Waals surface area contributed by atoms with E-state index in [1.165, 1.54) is 5.56 Å². The van der Waals surface area contributed by atoms with Crippen LogP contribution < -0.4 is 4.74 Å². The summed E-state index contributed by atoms with van der Waals surface area (Å²) in [5, 5.41) is 4.76. The number of likely N-dealkylation sites (tertiary alicyclic amines) is 1. The van der Waals surface area contributed by atoms with E-state index in [1.807, 2.05) is 36.4 Å². The smallest absolute Gasteiger partial charge is 0.241 e. The Morgan fingerprint density at radius 1 is 1.23 bits per heavy atom. The molecule has 5 nitrogen and oxygen atoms in total. The molecule has 1 saturated heterocycles. The summed E-state index contributed by atoms with van der Waals surface area (Å²) in [6.07, 6.45) is 2.29. The summed E-state index contributed by atoms with van der Waals surface area (Å²) in [7, 11) is 1.68. The molecule has 0 spiro atoms. The van der Waals surface area contributed by atoms with E-state index >= 15 is 0 Å². The van der Waals surface area contributed by atoms with Crippen LogP contribution in [0.4, 0.5) is 0 Å². The fourth-order valence-electron chi connectivity index (χ4n) is 3.46. The lowest BCUT2D eigenvalue weighted by Gasteiger charge is -2.23. The molecule has 1 aliphatic rings. The van der Waals surface area contributed by atoms with E-state index in [-0.39, 0.29) is 0 Å². The molecule has 1 atom stereocenters. The minimum atomic E-state index is 0.363. The monoisotopic (exact) mass is 369 g/mol. The van der Waals surface area contributed by atoms with Gasteiger partial charge in [-0.25, -0.2) is 0 Å². The minimum Gasteiger partial charge on any atom is -0.497 e. The van der Waals surface area contributed by atoms with Gasteiger partial charge in [0.25, 0.3) is 0 Å². The van der Waals surface area contributed by atoms with Gasteiger partial charge in [-0.05, 0) is 49.2 Å². The molecule has 0 amide bonds. The van der Waals surface area contributed by atoms with Crippen molar-refractivity contribution in [2.75, 3.05) is 13.7 Å². The number of nitrogens with zero attached hydrogens (tertiary/aromatic N) is 3. The normalized spacial score (nSPS) is 17.5. The van der Waals surface area contributed by atoms with Crippen molar-refractivity contribution in [2.45, 2.75) is 25.4 Å². The minimum absolute atomic E-state index is 0.363. The molecule has 0 radical (unpaired) electrons. The SMILES string of the molecule is COc1ccc([C@@H]2CCCN2Cc2nc(-c3cccc(Cl)c3)no2)cc1. The molecule has 0 saturated carbocycles. The van der Waals surface area contributed by atoms with E-state index in [0.29, 0.717) is 29.3 Å². The third-order valence-electron chi connectivity index (χ3n) is 4.75.